The van der Waals surface area contributed by atoms with Gasteiger partial charge in [0, 0.05) is 31.0 Å². The number of carbonyl (C=O) groups is 1. The van der Waals surface area contributed by atoms with Gasteiger partial charge in [0.15, 0.2) is 0 Å². The molecule has 0 saturated carbocycles. The summed E-state index contributed by atoms with van der Waals surface area (Å²) in [7, 11) is 0. The molecule has 0 radical (unpaired) electrons. The van der Waals surface area contributed by atoms with Crippen molar-refractivity contribution in [1.29, 1.82) is 0 Å². The lowest BCUT2D eigenvalue weighted by Crippen LogP contribution is -2.38. The number of hydrogen-bond donors (Lipinski definition) is 0. The normalized spacial score (nSPS) is 20.0. The van der Waals surface area contributed by atoms with Gasteiger partial charge in [-0.2, -0.15) is 5.10 Å². The molecule has 0 bridgehead atoms. The number of rotatable bonds is 8. The van der Waals surface area contributed by atoms with Crippen molar-refractivity contribution in [2.75, 3.05) is 13.1 Å². The Hall–Kier alpha value is -2.43. The smallest absolute Gasteiger partial charge is 0.229 e. The van der Waals surface area contributed by atoms with Crippen LogP contribution in [0, 0.1) is 11.7 Å². The fourth-order valence-corrected chi connectivity index (χ4v) is 5.27. The van der Waals surface area contributed by atoms with Gasteiger partial charge in [-0.1, -0.05) is 44.8 Å². The van der Waals surface area contributed by atoms with Gasteiger partial charge in [-0.25, -0.2) is 9.07 Å². The SMILES string of the molecule is CCCCN(CCCC)C(=O)[C@@H]1CCC2=C1[C@@H](C)c1cnn(-c3ccc(F)cc3)c1C2. The highest BCUT2D eigenvalue weighted by molar-refractivity contribution is 5.83. The monoisotopic (exact) mass is 423 g/mol. The summed E-state index contributed by atoms with van der Waals surface area (Å²) < 4.78 is 15.3. The van der Waals surface area contributed by atoms with E-state index in [9.17, 15) is 9.18 Å². The number of unbranched alkanes of at least 4 members (excludes halogenated alkanes) is 2. The number of halogens is 1. The minimum absolute atomic E-state index is 0.0148. The molecule has 0 fully saturated rings. The summed E-state index contributed by atoms with van der Waals surface area (Å²) in [5.74, 6) is 0.300. The Bertz CT molecular complexity index is 952. The first-order valence-electron chi connectivity index (χ1n) is 11.9. The number of allylic oxidation sites excluding steroid dienone is 1. The molecule has 4 nitrogen and oxygen atoms in total. The zero-order valence-electron chi connectivity index (χ0n) is 19.0. The molecule has 1 amide bonds. The summed E-state index contributed by atoms with van der Waals surface area (Å²) in [5, 5.41) is 4.63. The Labute approximate surface area is 185 Å². The van der Waals surface area contributed by atoms with Crippen LogP contribution in [-0.2, 0) is 11.2 Å². The van der Waals surface area contributed by atoms with E-state index in [0.29, 0.717) is 5.91 Å². The first-order valence-corrected chi connectivity index (χ1v) is 11.9. The summed E-state index contributed by atoms with van der Waals surface area (Å²) in [6.45, 7) is 8.33. The van der Waals surface area contributed by atoms with Crippen LogP contribution in [0.25, 0.3) is 5.69 Å². The highest BCUT2D eigenvalue weighted by Crippen LogP contribution is 2.47. The summed E-state index contributed by atoms with van der Waals surface area (Å²) in [5.41, 5.74) is 6.02. The summed E-state index contributed by atoms with van der Waals surface area (Å²) in [6.07, 6.45) is 9.04. The van der Waals surface area contributed by atoms with Crippen LogP contribution >= 0.6 is 0 Å². The van der Waals surface area contributed by atoms with Crippen LogP contribution in [0.3, 0.4) is 0 Å². The van der Waals surface area contributed by atoms with Crippen LogP contribution in [0.15, 0.2) is 41.6 Å². The molecule has 2 aliphatic carbocycles. The minimum atomic E-state index is -0.240. The standard InChI is InChI=1S/C26H34FN3O/c1-4-6-14-29(15-7-5-2)26(31)22-13-8-19-16-24-23(18(3)25(19)22)17-28-30(24)21-11-9-20(27)10-12-21/h9-12,17-18,22H,4-8,13-16H2,1-3H3/t18-,22+/m0/s1. The van der Waals surface area contributed by atoms with Gasteiger partial charge in [0.25, 0.3) is 0 Å². The van der Waals surface area contributed by atoms with E-state index in [1.54, 1.807) is 12.1 Å². The van der Waals surface area contributed by atoms with E-state index in [4.69, 9.17) is 0 Å². The second-order valence-electron chi connectivity index (χ2n) is 9.02. The van der Waals surface area contributed by atoms with Crippen LogP contribution in [0.4, 0.5) is 4.39 Å². The molecule has 1 heterocycles. The maximum atomic E-state index is 13.6. The van der Waals surface area contributed by atoms with Gasteiger partial charge >= 0.3 is 0 Å². The molecule has 2 aliphatic rings. The van der Waals surface area contributed by atoms with Gasteiger partial charge in [-0.05, 0) is 49.9 Å². The topological polar surface area (TPSA) is 38.1 Å². The second kappa shape index (κ2) is 9.37. The fourth-order valence-electron chi connectivity index (χ4n) is 5.27. The van der Waals surface area contributed by atoms with E-state index >= 15 is 0 Å². The third-order valence-electron chi connectivity index (χ3n) is 6.98. The van der Waals surface area contributed by atoms with Crippen LogP contribution < -0.4 is 0 Å². The van der Waals surface area contributed by atoms with Crippen molar-refractivity contribution in [2.45, 2.75) is 71.6 Å². The molecule has 0 N–H and O–H groups in total. The first kappa shape index (κ1) is 21.8. The molecule has 4 rings (SSSR count). The Balaban J connectivity index is 1.59. The average Bonchev–Trinajstić information content (AvgIpc) is 3.39. The molecule has 31 heavy (non-hydrogen) atoms. The molecule has 5 heteroatoms. The number of aromatic nitrogens is 2. The summed E-state index contributed by atoms with van der Waals surface area (Å²) in [6, 6.07) is 6.51. The number of hydrogen-bond acceptors (Lipinski definition) is 2. The van der Waals surface area contributed by atoms with Crippen molar-refractivity contribution >= 4 is 5.91 Å². The van der Waals surface area contributed by atoms with Crippen molar-refractivity contribution in [3.05, 3.63) is 58.7 Å². The Kier molecular flexibility index (Phi) is 6.59. The fraction of sp³-hybridized carbons (Fsp3) is 0.538. The van der Waals surface area contributed by atoms with Crippen LogP contribution in [-0.4, -0.2) is 33.7 Å². The van der Waals surface area contributed by atoms with E-state index < -0.39 is 0 Å². The molecule has 2 atom stereocenters. The highest BCUT2D eigenvalue weighted by Gasteiger charge is 2.40. The lowest BCUT2D eigenvalue weighted by molar-refractivity contribution is -0.134. The molecular weight excluding hydrogens is 389 g/mol. The van der Waals surface area contributed by atoms with Gasteiger partial charge in [-0.15, -0.1) is 0 Å². The van der Waals surface area contributed by atoms with E-state index in [1.807, 2.05) is 10.9 Å². The van der Waals surface area contributed by atoms with E-state index in [0.717, 1.165) is 63.7 Å². The molecule has 1 aromatic carbocycles. The lowest BCUT2D eigenvalue weighted by Gasteiger charge is -2.30. The van der Waals surface area contributed by atoms with Gasteiger partial charge in [-0.3, -0.25) is 4.79 Å². The third-order valence-corrected chi connectivity index (χ3v) is 6.98. The Morgan fingerprint density at radius 2 is 1.84 bits per heavy atom. The molecule has 2 aromatic rings. The molecular formula is C26H34FN3O. The van der Waals surface area contributed by atoms with Crippen molar-refractivity contribution in [3.63, 3.8) is 0 Å². The number of benzene rings is 1. The van der Waals surface area contributed by atoms with E-state index in [1.165, 1.54) is 34.5 Å². The zero-order chi connectivity index (χ0) is 22.0. The van der Waals surface area contributed by atoms with Crippen molar-refractivity contribution in [1.82, 2.24) is 14.7 Å². The number of carbonyl (C=O) groups excluding carboxylic acids is 1. The molecule has 0 unspecified atom stereocenters. The number of fused-ring (bicyclic) bond motifs is 1. The highest BCUT2D eigenvalue weighted by atomic mass is 19.1. The Morgan fingerprint density at radius 3 is 2.48 bits per heavy atom. The molecule has 0 spiro atoms. The number of nitrogens with zero attached hydrogens (tertiary/aromatic N) is 3. The second-order valence-corrected chi connectivity index (χ2v) is 9.02. The predicted octanol–water partition coefficient (Wildman–Crippen LogP) is 5.81. The van der Waals surface area contributed by atoms with Crippen LogP contribution in [0.5, 0.6) is 0 Å². The van der Waals surface area contributed by atoms with Crippen molar-refractivity contribution in [3.8, 4) is 5.69 Å². The maximum Gasteiger partial charge on any atom is 0.229 e. The molecule has 0 saturated heterocycles. The van der Waals surface area contributed by atoms with Gasteiger partial charge in [0.05, 0.1) is 23.5 Å². The average molecular weight is 424 g/mol. The lowest BCUT2D eigenvalue weighted by atomic mass is 9.79. The minimum Gasteiger partial charge on any atom is -0.342 e. The largest absolute Gasteiger partial charge is 0.342 e. The maximum absolute atomic E-state index is 13.6. The van der Waals surface area contributed by atoms with Gasteiger partial charge in [0.1, 0.15) is 5.82 Å². The van der Waals surface area contributed by atoms with Crippen LogP contribution in [0.2, 0.25) is 0 Å². The van der Waals surface area contributed by atoms with E-state index in [-0.39, 0.29) is 17.7 Å². The summed E-state index contributed by atoms with van der Waals surface area (Å²) in [4.78, 5) is 15.7. The first-order chi connectivity index (χ1) is 15.0. The number of amides is 1. The third kappa shape index (κ3) is 4.19. The molecule has 166 valence electrons. The van der Waals surface area contributed by atoms with Crippen molar-refractivity contribution < 1.29 is 9.18 Å². The molecule has 1 aromatic heterocycles. The Morgan fingerprint density at radius 1 is 1.16 bits per heavy atom. The summed E-state index contributed by atoms with van der Waals surface area (Å²) >= 11 is 0. The van der Waals surface area contributed by atoms with Gasteiger partial charge < -0.3 is 4.90 Å². The zero-order valence-corrected chi connectivity index (χ0v) is 19.0. The quantitative estimate of drug-likeness (QED) is 0.503. The van der Waals surface area contributed by atoms with E-state index in [2.05, 4.69) is 30.8 Å². The van der Waals surface area contributed by atoms with Crippen molar-refractivity contribution in [2.24, 2.45) is 5.92 Å². The molecule has 0 aliphatic heterocycles. The predicted molar refractivity (Wildman–Crippen MR) is 122 cm³/mol. The van der Waals surface area contributed by atoms with Gasteiger partial charge in [0.2, 0.25) is 5.91 Å². The van der Waals surface area contributed by atoms with Crippen LogP contribution in [0.1, 0.15) is 76.5 Å².